The number of nitrogens with two attached hydrogens (primary N) is 1. The van der Waals surface area contributed by atoms with E-state index in [0.717, 1.165) is 37.9 Å². The summed E-state index contributed by atoms with van der Waals surface area (Å²) in [6, 6.07) is 9.83. The van der Waals surface area contributed by atoms with Crippen molar-refractivity contribution in [2.24, 2.45) is 5.73 Å². The standard InChI is InChI=1S/C16H24N2O2.ClH/c1-2-3-11-18(13-7-5-4-6-8-13)16(19)15-10-9-14(12-17)20-15;/h4-8,14-15H,2-3,9-12,17H2,1H3;1H/t14-,15+;/m1./s1. The van der Waals surface area contributed by atoms with Crippen LogP contribution in [-0.4, -0.2) is 31.2 Å². The molecule has 2 atom stereocenters. The fraction of sp³-hybridized carbons (Fsp3) is 0.562. The molecule has 2 rings (SSSR count). The normalized spacial score (nSPS) is 20.9. The minimum atomic E-state index is -0.333. The Hall–Kier alpha value is -1.10. The number of halogens is 1. The Kier molecular flexibility index (Phi) is 7.72. The highest BCUT2D eigenvalue weighted by Crippen LogP contribution is 2.24. The number of rotatable bonds is 6. The summed E-state index contributed by atoms with van der Waals surface area (Å²) in [5.74, 6) is 0.0700. The van der Waals surface area contributed by atoms with Crippen LogP contribution >= 0.6 is 12.4 Å². The van der Waals surface area contributed by atoms with Crippen LogP contribution in [0.4, 0.5) is 5.69 Å². The molecule has 0 unspecified atom stereocenters. The third-order valence-corrected chi connectivity index (χ3v) is 3.72. The van der Waals surface area contributed by atoms with Crippen molar-refractivity contribution < 1.29 is 9.53 Å². The number of unbranched alkanes of at least 4 members (excludes halogenated alkanes) is 1. The van der Waals surface area contributed by atoms with Gasteiger partial charge in [0.15, 0.2) is 0 Å². The number of carbonyl (C=O) groups excluding carboxylic acids is 1. The number of nitrogens with zero attached hydrogens (tertiary/aromatic N) is 1. The van der Waals surface area contributed by atoms with E-state index in [1.54, 1.807) is 0 Å². The molecule has 1 fully saturated rings. The first-order chi connectivity index (χ1) is 9.76. The van der Waals surface area contributed by atoms with Crippen LogP contribution in [0.5, 0.6) is 0 Å². The van der Waals surface area contributed by atoms with E-state index in [0.29, 0.717) is 6.54 Å². The summed E-state index contributed by atoms with van der Waals surface area (Å²) in [4.78, 5) is 14.5. The summed E-state index contributed by atoms with van der Waals surface area (Å²) < 4.78 is 5.74. The quantitative estimate of drug-likeness (QED) is 0.878. The van der Waals surface area contributed by atoms with E-state index in [9.17, 15) is 4.79 Å². The smallest absolute Gasteiger partial charge is 0.256 e. The summed E-state index contributed by atoms with van der Waals surface area (Å²) in [6.45, 7) is 3.36. The zero-order valence-electron chi connectivity index (χ0n) is 12.5. The number of anilines is 1. The molecule has 4 nitrogen and oxygen atoms in total. The van der Waals surface area contributed by atoms with Gasteiger partial charge in [-0.2, -0.15) is 0 Å². The summed E-state index contributed by atoms with van der Waals surface area (Å²) in [7, 11) is 0. The number of ether oxygens (including phenoxy) is 1. The molecule has 0 saturated carbocycles. The van der Waals surface area contributed by atoms with Crippen molar-refractivity contribution in [2.75, 3.05) is 18.0 Å². The Labute approximate surface area is 133 Å². The molecular formula is C16H25ClN2O2. The first-order valence-electron chi connectivity index (χ1n) is 7.48. The lowest BCUT2D eigenvalue weighted by Gasteiger charge is -2.25. The number of carbonyl (C=O) groups is 1. The molecular weight excluding hydrogens is 288 g/mol. The maximum absolute atomic E-state index is 12.7. The van der Waals surface area contributed by atoms with Gasteiger partial charge in [-0.1, -0.05) is 31.5 Å². The van der Waals surface area contributed by atoms with Gasteiger partial charge in [0.25, 0.3) is 5.91 Å². The predicted octanol–water partition coefficient (Wildman–Crippen LogP) is 2.75. The predicted molar refractivity (Wildman–Crippen MR) is 87.9 cm³/mol. The summed E-state index contributed by atoms with van der Waals surface area (Å²) in [6.07, 6.45) is 3.41. The maximum atomic E-state index is 12.7. The highest BCUT2D eigenvalue weighted by atomic mass is 35.5. The molecule has 0 bridgehead atoms. The molecule has 0 aliphatic carbocycles. The van der Waals surface area contributed by atoms with Crippen LogP contribution in [0.1, 0.15) is 32.6 Å². The molecule has 5 heteroatoms. The van der Waals surface area contributed by atoms with Gasteiger partial charge in [-0.15, -0.1) is 12.4 Å². The van der Waals surface area contributed by atoms with Gasteiger partial charge in [-0.3, -0.25) is 4.79 Å². The lowest BCUT2D eigenvalue weighted by Crippen LogP contribution is -2.40. The fourth-order valence-corrected chi connectivity index (χ4v) is 2.53. The largest absolute Gasteiger partial charge is 0.364 e. The van der Waals surface area contributed by atoms with Crippen LogP contribution in [0.2, 0.25) is 0 Å². The van der Waals surface area contributed by atoms with Crippen molar-refractivity contribution in [1.82, 2.24) is 0 Å². The Bertz CT molecular complexity index is 428. The fourth-order valence-electron chi connectivity index (χ4n) is 2.53. The molecule has 0 radical (unpaired) electrons. The van der Waals surface area contributed by atoms with Gasteiger partial charge in [0.2, 0.25) is 0 Å². The summed E-state index contributed by atoms with van der Waals surface area (Å²) in [5, 5.41) is 0. The average molecular weight is 313 g/mol. The molecule has 1 amide bonds. The minimum Gasteiger partial charge on any atom is -0.364 e. The number of amides is 1. The number of hydrogen-bond donors (Lipinski definition) is 1. The van der Waals surface area contributed by atoms with Crippen molar-refractivity contribution in [3.05, 3.63) is 30.3 Å². The number of hydrogen-bond acceptors (Lipinski definition) is 3. The zero-order chi connectivity index (χ0) is 14.4. The molecule has 0 spiro atoms. The molecule has 1 aromatic carbocycles. The molecule has 1 saturated heterocycles. The molecule has 118 valence electrons. The maximum Gasteiger partial charge on any atom is 0.256 e. The molecule has 0 aromatic heterocycles. The monoisotopic (exact) mass is 312 g/mol. The Balaban J connectivity index is 0.00000220. The second kappa shape index (κ2) is 9.03. The minimum absolute atomic E-state index is 0. The van der Waals surface area contributed by atoms with Gasteiger partial charge in [-0.05, 0) is 31.4 Å². The van der Waals surface area contributed by atoms with Gasteiger partial charge in [-0.25, -0.2) is 0 Å². The third-order valence-electron chi connectivity index (χ3n) is 3.72. The van der Waals surface area contributed by atoms with Crippen molar-refractivity contribution in [3.63, 3.8) is 0 Å². The Morgan fingerprint density at radius 3 is 2.62 bits per heavy atom. The van der Waals surface area contributed by atoms with E-state index in [1.807, 2.05) is 35.2 Å². The second-order valence-corrected chi connectivity index (χ2v) is 5.24. The van der Waals surface area contributed by atoms with E-state index >= 15 is 0 Å². The molecule has 21 heavy (non-hydrogen) atoms. The van der Waals surface area contributed by atoms with Crippen LogP contribution in [0.25, 0.3) is 0 Å². The van der Waals surface area contributed by atoms with Crippen molar-refractivity contribution >= 4 is 24.0 Å². The van der Waals surface area contributed by atoms with Crippen LogP contribution in [-0.2, 0) is 9.53 Å². The molecule has 1 aliphatic heterocycles. The molecule has 2 N–H and O–H groups in total. The van der Waals surface area contributed by atoms with E-state index in [1.165, 1.54) is 0 Å². The van der Waals surface area contributed by atoms with Gasteiger partial charge in [0.1, 0.15) is 6.10 Å². The molecule has 1 aromatic rings. The van der Waals surface area contributed by atoms with Crippen molar-refractivity contribution in [3.8, 4) is 0 Å². The summed E-state index contributed by atoms with van der Waals surface area (Å²) >= 11 is 0. The first-order valence-corrected chi connectivity index (χ1v) is 7.48. The van der Waals surface area contributed by atoms with Crippen molar-refractivity contribution in [2.45, 2.75) is 44.8 Å². The van der Waals surface area contributed by atoms with E-state index < -0.39 is 0 Å². The highest BCUT2D eigenvalue weighted by molar-refractivity contribution is 5.96. The zero-order valence-corrected chi connectivity index (χ0v) is 13.3. The van der Waals surface area contributed by atoms with E-state index in [4.69, 9.17) is 10.5 Å². The van der Waals surface area contributed by atoms with Crippen LogP contribution < -0.4 is 10.6 Å². The van der Waals surface area contributed by atoms with Gasteiger partial charge in [0, 0.05) is 18.8 Å². The van der Waals surface area contributed by atoms with Gasteiger partial charge in [0.05, 0.1) is 6.10 Å². The lowest BCUT2D eigenvalue weighted by molar-refractivity contribution is -0.129. The number of para-hydroxylation sites is 1. The highest BCUT2D eigenvalue weighted by Gasteiger charge is 2.33. The topological polar surface area (TPSA) is 55.6 Å². The Morgan fingerprint density at radius 1 is 1.33 bits per heavy atom. The SMILES string of the molecule is CCCCN(C(=O)[C@@H]1CC[C@H](CN)O1)c1ccccc1.Cl. The Morgan fingerprint density at radius 2 is 2.05 bits per heavy atom. The third kappa shape index (κ3) is 4.70. The molecule has 1 aliphatic rings. The first kappa shape index (κ1) is 18.0. The second-order valence-electron chi connectivity index (χ2n) is 5.24. The molecule has 1 heterocycles. The average Bonchev–Trinajstić information content (AvgIpc) is 2.97. The van der Waals surface area contributed by atoms with Crippen LogP contribution in [0.15, 0.2) is 30.3 Å². The number of benzene rings is 1. The lowest BCUT2D eigenvalue weighted by atomic mass is 10.1. The van der Waals surface area contributed by atoms with Crippen LogP contribution in [0, 0.1) is 0 Å². The summed E-state index contributed by atoms with van der Waals surface area (Å²) in [5.41, 5.74) is 6.56. The van der Waals surface area contributed by atoms with Gasteiger partial charge < -0.3 is 15.4 Å². The van der Waals surface area contributed by atoms with Crippen LogP contribution in [0.3, 0.4) is 0 Å². The van der Waals surface area contributed by atoms with Gasteiger partial charge >= 0.3 is 0 Å². The van der Waals surface area contributed by atoms with Crippen molar-refractivity contribution in [1.29, 1.82) is 0 Å². The van der Waals surface area contributed by atoms with E-state index in [2.05, 4.69) is 6.92 Å². The van der Waals surface area contributed by atoms with E-state index in [-0.39, 0.29) is 30.5 Å².